The second-order valence-electron chi connectivity index (χ2n) is 6.35. The highest BCUT2D eigenvalue weighted by Crippen LogP contribution is 2.34. The minimum absolute atomic E-state index is 0.0566. The Kier molecular flexibility index (Phi) is 4.89. The van der Waals surface area contributed by atoms with E-state index in [4.69, 9.17) is 4.42 Å². The predicted molar refractivity (Wildman–Crippen MR) is 106 cm³/mol. The molecule has 0 spiro atoms. The van der Waals surface area contributed by atoms with Crippen molar-refractivity contribution in [2.24, 2.45) is 0 Å². The number of amides is 1. The molecule has 4 rings (SSSR count). The molecule has 1 amide bonds. The van der Waals surface area contributed by atoms with E-state index < -0.39 is 0 Å². The summed E-state index contributed by atoms with van der Waals surface area (Å²) < 4.78 is 7.37. The number of hydrogen-bond acceptors (Lipinski definition) is 6. The van der Waals surface area contributed by atoms with Crippen LogP contribution in [0.4, 0.5) is 11.4 Å². The molecule has 140 valence electrons. The van der Waals surface area contributed by atoms with Gasteiger partial charge in [-0.1, -0.05) is 23.9 Å². The summed E-state index contributed by atoms with van der Waals surface area (Å²) in [5, 5.41) is 12.2. The maximum absolute atomic E-state index is 12.5. The number of benzene rings is 1. The Morgan fingerprint density at radius 2 is 2.19 bits per heavy atom. The number of furan rings is 1. The van der Waals surface area contributed by atoms with Crippen molar-refractivity contribution in [2.45, 2.75) is 25.0 Å². The van der Waals surface area contributed by atoms with Gasteiger partial charge in [0.2, 0.25) is 5.91 Å². The number of hydrogen-bond donors (Lipinski definition) is 1. The first-order chi connectivity index (χ1) is 13.2. The molecule has 7 nitrogen and oxygen atoms in total. The van der Waals surface area contributed by atoms with Crippen molar-refractivity contribution in [3.63, 3.8) is 0 Å². The van der Waals surface area contributed by atoms with E-state index in [1.165, 1.54) is 17.3 Å². The SMILES string of the molecule is CCn1c(SCC(=O)Nc2cccc3c2N(C)CC3)nnc1-c1ccco1. The Morgan fingerprint density at radius 3 is 2.96 bits per heavy atom. The molecule has 2 aromatic heterocycles. The lowest BCUT2D eigenvalue weighted by molar-refractivity contribution is -0.113. The van der Waals surface area contributed by atoms with Crippen molar-refractivity contribution >= 4 is 29.0 Å². The number of aromatic nitrogens is 3. The summed E-state index contributed by atoms with van der Waals surface area (Å²) in [6.45, 7) is 3.69. The fraction of sp³-hybridized carbons (Fsp3) is 0.316. The molecule has 3 heterocycles. The Morgan fingerprint density at radius 1 is 1.30 bits per heavy atom. The standard InChI is InChI=1S/C19H21N5O2S/c1-3-24-18(15-8-5-11-26-15)21-22-19(24)27-12-16(25)20-14-7-4-6-13-9-10-23(2)17(13)14/h4-8,11H,3,9-10,12H2,1-2H3,(H,20,25). The van der Waals surface area contributed by atoms with Crippen LogP contribution in [0.25, 0.3) is 11.6 Å². The maximum atomic E-state index is 12.5. The second-order valence-corrected chi connectivity index (χ2v) is 7.29. The Hall–Kier alpha value is -2.74. The zero-order valence-electron chi connectivity index (χ0n) is 15.3. The van der Waals surface area contributed by atoms with E-state index in [0.29, 0.717) is 23.3 Å². The van der Waals surface area contributed by atoms with E-state index in [1.807, 2.05) is 35.8 Å². The van der Waals surface area contributed by atoms with Gasteiger partial charge in [0.05, 0.1) is 23.4 Å². The number of fused-ring (bicyclic) bond motifs is 1. The quantitative estimate of drug-likeness (QED) is 0.659. The lowest BCUT2D eigenvalue weighted by Gasteiger charge is -2.17. The highest BCUT2D eigenvalue weighted by atomic mass is 32.2. The molecule has 0 radical (unpaired) electrons. The number of nitrogens with one attached hydrogen (secondary N) is 1. The number of rotatable bonds is 6. The van der Waals surface area contributed by atoms with Gasteiger partial charge in [0.15, 0.2) is 16.7 Å². The molecule has 1 aromatic carbocycles. The molecule has 1 aliphatic heterocycles. The van der Waals surface area contributed by atoms with Crippen molar-refractivity contribution < 1.29 is 9.21 Å². The highest BCUT2D eigenvalue weighted by molar-refractivity contribution is 7.99. The first kappa shape index (κ1) is 17.7. The summed E-state index contributed by atoms with van der Waals surface area (Å²) in [5.74, 6) is 1.55. The van der Waals surface area contributed by atoms with Crippen LogP contribution in [0, 0.1) is 0 Å². The van der Waals surface area contributed by atoms with Crippen LogP contribution in [0.1, 0.15) is 12.5 Å². The number of thioether (sulfide) groups is 1. The molecule has 27 heavy (non-hydrogen) atoms. The van der Waals surface area contributed by atoms with Gasteiger partial charge in [-0.15, -0.1) is 10.2 Å². The van der Waals surface area contributed by atoms with E-state index in [-0.39, 0.29) is 11.7 Å². The van der Waals surface area contributed by atoms with Gasteiger partial charge < -0.3 is 14.6 Å². The van der Waals surface area contributed by atoms with Gasteiger partial charge in [0.25, 0.3) is 0 Å². The molecule has 0 aliphatic carbocycles. The number of para-hydroxylation sites is 1. The molecule has 0 unspecified atom stereocenters. The van der Waals surface area contributed by atoms with Crippen molar-refractivity contribution in [3.05, 3.63) is 42.2 Å². The predicted octanol–water partition coefficient (Wildman–Crippen LogP) is 3.28. The Labute approximate surface area is 161 Å². The topological polar surface area (TPSA) is 76.2 Å². The van der Waals surface area contributed by atoms with Crippen molar-refractivity contribution in [1.82, 2.24) is 14.8 Å². The fourth-order valence-electron chi connectivity index (χ4n) is 3.33. The molecule has 1 N–H and O–H groups in total. The molecular formula is C19H21N5O2S. The summed E-state index contributed by atoms with van der Waals surface area (Å²) in [7, 11) is 2.05. The molecule has 0 atom stereocenters. The lowest BCUT2D eigenvalue weighted by atomic mass is 10.1. The van der Waals surface area contributed by atoms with Gasteiger partial charge in [-0.3, -0.25) is 9.36 Å². The third-order valence-electron chi connectivity index (χ3n) is 4.60. The smallest absolute Gasteiger partial charge is 0.234 e. The zero-order chi connectivity index (χ0) is 18.8. The first-order valence-corrected chi connectivity index (χ1v) is 9.88. The van der Waals surface area contributed by atoms with Crippen LogP contribution in [0.2, 0.25) is 0 Å². The molecule has 1 aliphatic rings. The summed E-state index contributed by atoms with van der Waals surface area (Å²) in [5.41, 5.74) is 3.26. The molecular weight excluding hydrogens is 362 g/mol. The van der Waals surface area contributed by atoms with Gasteiger partial charge in [-0.25, -0.2) is 0 Å². The van der Waals surface area contributed by atoms with Crippen LogP contribution in [0.3, 0.4) is 0 Å². The van der Waals surface area contributed by atoms with E-state index >= 15 is 0 Å². The van der Waals surface area contributed by atoms with Crippen LogP contribution in [-0.2, 0) is 17.8 Å². The second kappa shape index (κ2) is 7.48. The van der Waals surface area contributed by atoms with E-state index in [0.717, 1.165) is 24.3 Å². The van der Waals surface area contributed by atoms with Crippen LogP contribution < -0.4 is 10.2 Å². The van der Waals surface area contributed by atoms with Crippen molar-refractivity contribution in [1.29, 1.82) is 0 Å². The normalized spacial score (nSPS) is 13.0. The van der Waals surface area contributed by atoms with Crippen molar-refractivity contribution in [3.8, 4) is 11.6 Å². The third-order valence-corrected chi connectivity index (χ3v) is 5.57. The van der Waals surface area contributed by atoms with E-state index in [1.54, 1.807) is 6.26 Å². The number of anilines is 2. The van der Waals surface area contributed by atoms with Crippen LogP contribution in [0.5, 0.6) is 0 Å². The van der Waals surface area contributed by atoms with Gasteiger partial charge in [0, 0.05) is 20.1 Å². The number of likely N-dealkylation sites (N-methyl/N-ethyl adjacent to an activating group) is 1. The van der Waals surface area contributed by atoms with E-state index in [2.05, 4.69) is 33.5 Å². The van der Waals surface area contributed by atoms with Crippen LogP contribution >= 0.6 is 11.8 Å². The van der Waals surface area contributed by atoms with Gasteiger partial charge in [-0.05, 0) is 37.1 Å². The van der Waals surface area contributed by atoms with Gasteiger partial charge in [0.1, 0.15) is 0 Å². The lowest BCUT2D eigenvalue weighted by Crippen LogP contribution is -2.19. The largest absolute Gasteiger partial charge is 0.461 e. The summed E-state index contributed by atoms with van der Waals surface area (Å²) in [4.78, 5) is 14.7. The molecule has 0 fully saturated rings. The minimum atomic E-state index is -0.0566. The number of nitrogens with zero attached hydrogens (tertiary/aromatic N) is 4. The average Bonchev–Trinajstić information content (AvgIpc) is 3.40. The zero-order valence-corrected chi connectivity index (χ0v) is 16.1. The van der Waals surface area contributed by atoms with Crippen LogP contribution in [-0.4, -0.2) is 40.0 Å². The summed E-state index contributed by atoms with van der Waals surface area (Å²) >= 11 is 1.37. The molecule has 0 saturated heterocycles. The minimum Gasteiger partial charge on any atom is -0.461 e. The first-order valence-electron chi connectivity index (χ1n) is 8.90. The highest BCUT2D eigenvalue weighted by Gasteiger charge is 2.21. The van der Waals surface area contributed by atoms with Crippen molar-refractivity contribution in [2.75, 3.05) is 29.6 Å². The monoisotopic (exact) mass is 383 g/mol. The Bertz CT molecular complexity index is 951. The molecule has 8 heteroatoms. The van der Waals surface area contributed by atoms with Gasteiger partial charge in [-0.2, -0.15) is 0 Å². The summed E-state index contributed by atoms with van der Waals surface area (Å²) in [6, 6.07) is 9.73. The summed E-state index contributed by atoms with van der Waals surface area (Å²) in [6.07, 6.45) is 2.62. The molecule has 0 saturated carbocycles. The van der Waals surface area contributed by atoms with Crippen LogP contribution in [0.15, 0.2) is 46.2 Å². The number of carbonyl (C=O) groups excluding carboxylic acids is 1. The van der Waals surface area contributed by atoms with E-state index in [9.17, 15) is 4.79 Å². The van der Waals surface area contributed by atoms with Gasteiger partial charge >= 0.3 is 0 Å². The Balaban J connectivity index is 1.44. The number of carbonyl (C=O) groups is 1. The maximum Gasteiger partial charge on any atom is 0.234 e. The molecule has 3 aromatic rings. The molecule has 0 bridgehead atoms. The fourth-order valence-corrected chi connectivity index (χ4v) is 4.13. The average molecular weight is 383 g/mol. The third kappa shape index (κ3) is 3.44.